The number of hydrogen-bond acceptors (Lipinski definition) is 5. The monoisotopic (exact) mass is 590 g/mol. The number of hydrogen-bond donors (Lipinski definition) is 4. The Bertz CT molecular complexity index is 1530. The first kappa shape index (κ1) is 26.8. The molecule has 0 atom stereocenters. The normalized spacial score (nSPS) is 10.4. The van der Waals surface area contributed by atoms with Crippen molar-refractivity contribution in [3.8, 4) is 5.75 Å². The second-order valence-electron chi connectivity index (χ2n) is 8.24. The molecule has 38 heavy (non-hydrogen) atoms. The molecule has 0 saturated carbocycles. The number of carbonyl (C=O) groups is 3. The van der Waals surface area contributed by atoms with Crippen molar-refractivity contribution in [1.82, 2.24) is 16.2 Å². The molecule has 0 fully saturated rings. The van der Waals surface area contributed by atoms with Crippen LogP contribution in [-0.4, -0.2) is 29.4 Å². The van der Waals surface area contributed by atoms with Gasteiger partial charge >= 0.3 is 0 Å². The van der Waals surface area contributed by atoms with Crippen LogP contribution in [0.3, 0.4) is 0 Å². The van der Waals surface area contributed by atoms with E-state index in [2.05, 4.69) is 37.4 Å². The van der Waals surface area contributed by atoms with Crippen LogP contribution in [0.1, 0.15) is 26.3 Å². The molecule has 4 N–H and O–H groups in total. The van der Waals surface area contributed by atoms with Crippen LogP contribution in [0, 0.1) is 6.92 Å². The van der Waals surface area contributed by atoms with Gasteiger partial charge in [-0.05, 0) is 88.3 Å². The number of ether oxygens (including phenoxy) is 1. The van der Waals surface area contributed by atoms with E-state index in [1.165, 1.54) is 0 Å². The number of rotatable bonds is 6. The standard InChI is InChI=1S/C28H23BrN4O4S/c1-17-5-4-7-20(15-17)26(35)30-21-12-9-19(10-13-21)27(36)32-33-28(38)31-24(34)16-37-23-14-11-18-6-2-3-8-22(18)25(23)29/h2-15H,16H2,1H3,(H,30,35)(H,32,36)(H2,31,33,34,38). The minimum Gasteiger partial charge on any atom is -0.483 e. The number of aryl methyl sites for hydroxylation is 1. The lowest BCUT2D eigenvalue weighted by atomic mass is 10.1. The Labute approximate surface area is 232 Å². The molecule has 0 aliphatic heterocycles. The van der Waals surface area contributed by atoms with Crippen molar-refractivity contribution in [2.75, 3.05) is 11.9 Å². The van der Waals surface area contributed by atoms with Gasteiger partial charge in [-0.15, -0.1) is 0 Å². The molecule has 0 aliphatic carbocycles. The Morgan fingerprint density at radius 3 is 2.37 bits per heavy atom. The molecule has 4 aromatic carbocycles. The van der Waals surface area contributed by atoms with Crippen molar-refractivity contribution >= 4 is 67.4 Å². The summed E-state index contributed by atoms with van der Waals surface area (Å²) in [5, 5.41) is 7.15. The van der Waals surface area contributed by atoms with Gasteiger partial charge in [0, 0.05) is 16.8 Å². The molecule has 4 rings (SSSR count). The molecule has 0 saturated heterocycles. The Morgan fingerprint density at radius 1 is 0.842 bits per heavy atom. The summed E-state index contributed by atoms with van der Waals surface area (Å²) in [7, 11) is 0. The zero-order valence-electron chi connectivity index (χ0n) is 20.2. The average Bonchev–Trinajstić information content (AvgIpc) is 2.92. The highest BCUT2D eigenvalue weighted by atomic mass is 79.9. The highest BCUT2D eigenvalue weighted by Crippen LogP contribution is 2.32. The van der Waals surface area contributed by atoms with Gasteiger partial charge in [0.1, 0.15) is 5.75 Å². The number of benzene rings is 4. The Morgan fingerprint density at radius 2 is 1.61 bits per heavy atom. The van der Waals surface area contributed by atoms with Crippen LogP contribution in [0.2, 0.25) is 0 Å². The van der Waals surface area contributed by atoms with Crippen molar-refractivity contribution in [2.24, 2.45) is 0 Å². The maximum absolute atomic E-state index is 12.4. The summed E-state index contributed by atoms with van der Waals surface area (Å²) in [4.78, 5) is 37.0. The second-order valence-corrected chi connectivity index (χ2v) is 9.45. The van der Waals surface area contributed by atoms with Crippen LogP contribution in [-0.2, 0) is 4.79 Å². The van der Waals surface area contributed by atoms with Crippen LogP contribution in [0.4, 0.5) is 5.69 Å². The summed E-state index contributed by atoms with van der Waals surface area (Å²) in [6.07, 6.45) is 0. The molecule has 8 nitrogen and oxygen atoms in total. The fourth-order valence-electron chi connectivity index (χ4n) is 3.54. The third-order valence-electron chi connectivity index (χ3n) is 5.41. The highest BCUT2D eigenvalue weighted by Gasteiger charge is 2.12. The summed E-state index contributed by atoms with van der Waals surface area (Å²) in [6, 6.07) is 25.1. The summed E-state index contributed by atoms with van der Waals surface area (Å²) in [5.74, 6) is -0.699. The molecule has 0 aromatic heterocycles. The molecule has 4 aromatic rings. The SMILES string of the molecule is Cc1cccc(C(=O)Nc2ccc(C(=O)NNC(=S)NC(=O)COc3ccc4ccccc4c3Br)cc2)c1. The van der Waals surface area contributed by atoms with Gasteiger partial charge in [0.2, 0.25) is 0 Å². The van der Waals surface area contributed by atoms with Gasteiger partial charge in [-0.25, -0.2) is 0 Å². The molecular weight excluding hydrogens is 568 g/mol. The van der Waals surface area contributed by atoms with Crippen molar-refractivity contribution in [3.63, 3.8) is 0 Å². The van der Waals surface area contributed by atoms with Crippen LogP contribution in [0.5, 0.6) is 5.75 Å². The van der Waals surface area contributed by atoms with Gasteiger partial charge in [0.25, 0.3) is 17.7 Å². The van der Waals surface area contributed by atoms with Gasteiger partial charge < -0.3 is 10.1 Å². The van der Waals surface area contributed by atoms with E-state index in [4.69, 9.17) is 17.0 Å². The molecular formula is C28H23BrN4O4S. The zero-order chi connectivity index (χ0) is 27.1. The molecule has 0 unspecified atom stereocenters. The largest absolute Gasteiger partial charge is 0.483 e. The first-order chi connectivity index (χ1) is 18.3. The quantitative estimate of drug-likeness (QED) is 0.188. The van der Waals surface area contributed by atoms with E-state index < -0.39 is 11.8 Å². The number of halogens is 1. The third-order valence-corrected chi connectivity index (χ3v) is 6.44. The number of amides is 3. The average molecular weight is 591 g/mol. The summed E-state index contributed by atoms with van der Waals surface area (Å²) < 4.78 is 6.36. The lowest BCUT2D eigenvalue weighted by Crippen LogP contribution is -2.49. The van der Waals surface area contributed by atoms with Crippen LogP contribution < -0.4 is 26.2 Å². The van der Waals surface area contributed by atoms with E-state index in [0.717, 1.165) is 20.8 Å². The van der Waals surface area contributed by atoms with E-state index in [9.17, 15) is 14.4 Å². The van der Waals surface area contributed by atoms with Crippen molar-refractivity contribution in [1.29, 1.82) is 0 Å². The van der Waals surface area contributed by atoms with Gasteiger partial charge in [-0.2, -0.15) is 0 Å². The zero-order valence-corrected chi connectivity index (χ0v) is 22.6. The van der Waals surface area contributed by atoms with Gasteiger partial charge in [0.15, 0.2) is 11.7 Å². The van der Waals surface area contributed by atoms with Gasteiger partial charge in [-0.1, -0.05) is 48.0 Å². The fraction of sp³-hybridized carbons (Fsp3) is 0.0714. The summed E-state index contributed by atoms with van der Waals surface area (Å²) in [6.45, 7) is 1.64. The number of anilines is 1. The Hall–Kier alpha value is -4.28. The fourth-order valence-corrected chi connectivity index (χ4v) is 4.32. The van der Waals surface area contributed by atoms with Crippen LogP contribution in [0.15, 0.2) is 89.4 Å². The molecule has 0 radical (unpaired) electrons. The third kappa shape index (κ3) is 6.93. The van der Waals surface area contributed by atoms with Crippen LogP contribution >= 0.6 is 28.1 Å². The first-order valence-corrected chi connectivity index (χ1v) is 12.7. The molecule has 3 amide bonds. The minimum absolute atomic E-state index is 0.0911. The number of thiocarbonyl (C=S) groups is 1. The molecule has 0 heterocycles. The van der Waals surface area contributed by atoms with E-state index in [-0.39, 0.29) is 17.6 Å². The van der Waals surface area contributed by atoms with Gasteiger partial charge in [0.05, 0.1) is 4.47 Å². The first-order valence-electron chi connectivity index (χ1n) is 11.5. The molecule has 0 spiro atoms. The van der Waals surface area contributed by atoms with E-state index in [0.29, 0.717) is 22.6 Å². The second kappa shape index (κ2) is 12.3. The van der Waals surface area contributed by atoms with E-state index in [1.807, 2.05) is 49.4 Å². The molecule has 0 aliphatic rings. The molecule has 192 valence electrons. The number of carbonyl (C=O) groups excluding carboxylic acids is 3. The highest BCUT2D eigenvalue weighted by molar-refractivity contribution is 9.10. The Balaban J connectivity index is 1.22. The van der Waals surface area contributed by atoms with E-state index in [1.54, 1.807) is 42.5 Å². The number of nitrogens with one attached hydrogen (secondary N) is 4. The summed E-state index contributed by atoms with van der Waals surface area (Å²) in [5.41, 5.74) is 7.30. The van der Waals surface area contributed by atoms with Crippen molar-refractivity contribution in [2.45, 2.75) is 6.92 Å². The smallest absolute Gasteiger partial charge is 0.269 e. The van der Waals surface area contributed by atoms with Crippen LogP contribution in [0.25, 0.3) is 10.8 Å². The van der Waals surface area contributed by atoms with Gasteiger partial charge in [-0.3, -0.25) is 30.6 Å². The lowest BCUT2D eigenvalue weighted by molar-refractivity contribution is -0.121. The maximum Gasteiger partial charge on any atom is 0.269 e. The lowest BCUT2D eigenvalue weighted by Gasteiger charge is -2.13. The molecule has 10 heteroatoms. The van der Waals surface area contributed by atoms with Crippen molar-refractivity contribution < 1.29 is 19.1 Å². The topological polar surface area (TPSA) is 109 Å². The predicted molar refractivity (Wildman–Crippen MR) is 154 cm³/mol. The predicted octanol–water partition coefficient (Wildman–Crippen LogP) is 4.88. The number of fused-ring (bicyclic) bond motifs is 1. The Kier molecular flexibility index (Phi) is 8.67. The molecule has 0 bridgehead atoms. The number of hydrazine groups is 1. The summed E-state index contributed by atoms with van der Waals surface area (Å²) >= 11 is 8.58. The van der Waals surface area contributed by atoms with Crippen molar-refractivity contribution in [3.05, 3.63) is 106 Å². The minimum atomic E-state index is -0.495. The maximum atomic E-state index is 12.4. The van der Waals surface area contributed by atoms with E-state index >= 15 is 0 Å².